The fourth-order valence-corrected chi connectivity index (χ4v) is 5.11. The largest absolute Gasteiger partial charge is 0.450 e. The van der Waals surface area contributed by atoms with Gasteiger partial charge in [-0.05, 0) is 57.9 Å². The lowest BCUT2D eigenvalue weighted by Gasteiger charge is -2.34. The lowest BCUT2D eigenvalue weighted by molar-refractivity contribution is 0.0919. The van der Waals surface area contributed by atoms with Crippen LogP contribution in [0.15, 0.2) is 30.5 Å². The van der Waals surface area contributed by atoms with E-state index >= 15 is 0 Å². The highest BCUT2D eigenvalue weighted by Crippen LogP contribution is 2.33. The van der Waals surface area contributed by atoms with E-state index in [9.17, 15) is 9.59 Å². The van der Waals surface area contributed by atoms with E-state index in [1.807, 2.05) is 49.0 Å². The predicted octanol–water partition coefficient (Wildman–Crippen LogP) is 3.65. The summed E-state index contributed by atoms with van der Waals surface area (Å²) in [5.41, 5.74) is 2.30. The smallest absolute Gasteiger partial charge is 0.409 e. The summed E-state index contributed by atoms with van der Waals surface area (Å²) in [6, 6.07) is 7.53. The van der Waals surface area contributed by atoms with Crippen molar-refractivity contribution in [2.45, 2.75) is 45.7 Å². The summed E-state index contributed by atoms with van der Waals surface area (Å²) in [7, 11) is 0. The zero-order valence-corrected chi connectivity index (χ0v) is 22.7. The summed E-state index contributed by atoms with van der Waals surface area (Å²) in [5, 5.41) is 11.2. The maximum atomic E-state index is 12.2. The monoisotopic (exact) mass is 536 g/mol. The SMILES string of the molecule is CCNC(=O)Nc1ccc(-c2nc(N3CCOC[C@H]3C)c3cnn(C4CCN(C(=O)OCC)CC4)c3n2)cc1. The Balaban J connectivity index is 1.48. The number of hydrogen-bond acceptors (Lipinski definition) is 8. The molecular weight excluding hydrogens is 500 g/mol. The third kappa shape index (κ3) is 5.75. The summed E-state index contributed by atoms with van der Waals surface area (Å²) in [6.07, 6.45) is 3.12. The van der Waals surface area contributed by atoms with Crippen LogP contribution in [0, 0.1) is 0 Å². The number of aromatic nitrogens is 4. The van der Waals surface area contributed by atoms with Gasteiger partial charge in [-0.15, -0.1) is 0 Å². The van der Waals surface area contributed by atoms with Crippen molar-refractivity contribution in [1.82, 2.24) is 30.0 Å². The number of fused-ring (bicyclic) bond motifs is 1. The summed E-state index contributed by atoms with van der Waals surface area (Å²) >= 11 is 0. The highest BCUT2D eigenvalue weighted by atomic mass is 16.6. The van der Waals surface area contributed by atoms with Crippen LogP contribution in [-0.4, -0.2) is 88.8 Å². The molecule has 4 heterocycles. The Bertz CT molecular complexity index is 1300. The van der Waals surface area contributed by atoms with E-state index in [0.717, 1.165) is 41.8 Å². The fourth-order valence-electron chi connectivity index (χ4n) is 5.11. The van der Waals surface area contributed by atoms with Gasteiger partial charge in [-0.25, -0.2) is 24.2 Å². The van der Waals surface area contributed by atoms with E-state index in [1.54, 1.807) is 4.90 Å². The van der Waals surface area contributed by atoms with Gasteiger partial charge in [0.25, 0.3) is 0 Å². The van der Waals surface area contributed by atoms with Crippen molar-refractivity contribution in [1.29, 1.82) is 0 Å². The van der Waals surface area contributed by atoms with Crippen LogP contribution in [0.2, 0.25) is 0 Å². The fraction of sp³-hybridized carbons (Fsp3) is 0.519. The first-order chi connectivity index (χ1) is 19.0. The molecule has 2 fully saturated rings. The molecule has 39 heavy (non-hydrogen) atoms. The molecule has 0 radical (unpaired) electrons. The quantitative estimate of drug-likeness (QED) is 0.489. The zero-order chi connectivity index (χ0) is 27.4. The number of anilines is 2. The molecule has 0 bridgehead atoms. The molecule has 0 aliphatic carbocycles. The molecule has 1 atom stereocenters. The van der Waals surface area contributed by atoms with Crippen molar-refractivity contribution in [3.8, 4) is 11.4 Å². The average molecular weight is 537 g/mol. The maximum absolute atomic E-state index is 12.2. The first kappa shape index (κ1) is 26.7. The van der Waals surface area contributed by atoms with Crippen molar-refractivity contribution in [3.63, 3.8) is 0 Å². The van der Waals surface area contributed by atoms with Gasteiger partial charge < -0.3 is 29.9 Å². The number of carbonyl (C=O) groups excluding carboxylic acids is 2. The normalized spacial score (nSPS) is 18.3. The molecule has 2 N–H and O–H groups in total. The average Bonchev–Trinajstić information content (AvgIpc) is 3.38. The second-order valence-corrected chi connectivity index (χ2v) is 9.79. The topological polar surface area (TPSA) is 127 Å². The number of benzene rings is 1. The molecule has 0 unspecified atom stereocenters. The van der Waals surface area contributed by atoms with Crippen molar-refractivity contribution in [2.24, 2.45) is 0 Å². The number of ether oxygens (including phenoxy) is 2. The Morgan fingerprint density at radius 2 is 1.87 bits per heavy atom. The number of nitrogens with one attached hydrogen (secondary N) is 2. The second kappa shape index (κ2) is 11.9. The summed E-state index contributed by atoms with van der Waals surface area (Å²) in [6.45, 7) is 9.94. The molecule has 12 nitrogen and oxygen atoms in total. The Labute approximate surface area is 227 Å². The van der Waals surface area contributed by atoms with Crippen LogP contribution in [0.4, 0.5) is 21.1 Å². The second-order valence-electron chi connectivity index (χ2n) is 9.79. The van der Waals surface area contributed by atoms with Crippen LogP contribution in [0.5, 0.6) is 0 Å². The Hall–Kier alpha value is -3.93. The third-order valence-electron chi connectivity index (χ3n) is 7.15. The highest BCUT2D eigenvalue weighted by molar-refractivity contribution is 5.90. The lowest BCUT2D eigenvalue weighted by atomic mass is 10.1. The first-order valence-electron chi connectivity index (χ1n) is 13.6. The minimum absolute atomic E-state index is 0.106. The standard InChI is InChI=1S/C27H36N8O4/c1-4-28-26(36)30-20-8-6-19(7-9-20)23-31-24(34-14-15-38-17-18(34)3)22-16-29-35(25(22)32-23)21-10-12-33(13-11-21)27(37)39-5-2/h6-9,16,18,21H,4-5,10-15,17H2,1-3H3,(H2,28,30,36)/t18-/m1/s1. The minimum Gasteiger partial charge on any atom is -0.450 e. The van der Waals surface area contributed by atoms with E-state index in [0.29, 0.717) is 51.0 Å². The van der Waals surface area contributed by atoms with Crippen LogP contribution < -0.4 is 15.5 Å². The van der Waals surface area contributed by atoms with Crippen molar-refractivity contribution in [2.75, 3.05) is 56.2 Å². The van der Waals surface area contributed by atoms with E-state index in [-0.39, 0.29) is 24.2 Å². The predicted molar refractivity (Wildman–Crippen MR) is 148 cm³/mol. The number of amides is 3. The van der Waals surface area contributed by atoms with Crippen molar-refractivity contribution in [3.05, 3.63) is 30.5 Å². The van der Waals surface area contributed by atoms with Crippen LogP contribution in [-0.2, 0) is 9.47 Å². The highest BCUT2D eigenvalue weighted by Gasteiger charge is 2.29. The molecule has 208 valence electrons. The van der Waals surface area contributed by atoms with E-state index in [4.69, 9.17) is 24.5 Å². The molecule has 1 aromatic carbocycles. The van der Waals surface area contributed by atoms with Crippen molar-refractivity contribution < 1.29 is 19.1 Å². The minimum atomic E-state index is -0.264. The van der Waals surface area contributed by atoms with E-state index in [2.05, 4.69) is 22.5 Å². The van der Waals surface area contributed by atoms with Gasteiger partial charge in [0.05, 0.1) is 43.5 Å². The Morgan fingerprint density at radius 1 is 1.10 bits per heavy atom. The van der Waals surface area contributed by atoms with Gasteiger partial charge in [0.2, 0.25) is 0 Å². The van der Waals surface area contributed by atoms with Gasteiger partial charge in [0.15, 0.2) is 11.5 Å². The first-order valence-corrected chi connectivity index (χ1v) is 13.6. The molecule has 0 saturated carbocycles. The molecule has 3 aromatic rings. The van der Waals surface area contributed by atoms with Gasteiger partial charge >= 0.3 is 12.1 Å². The van der Waals surface area contributed by atoms with Crippen LogP contribution in [0.3, 0.4) is 0 Å². The van der Waals surface area contributed by atoms with Gasteiger partial charge in [-0.3, -0.25) is 0 Å². The zero-order valence-electron chi connectivity index (χ0n) is 22.7. The van der Waals surface area contributed by atoms with Gasteiger partial charge in [0, 0.05) is 37.4 Å². The van der Waals surface area contributed by atoms with E-state index < -0.39 is 0 Å². The lowest BCUT2D eigenvalue weighted by Crippen LogP contribution is -2.44. The number of carbonyl (C=O) groups is 2. The van der Waals surface area contributed by atoms with Crippen LogP contribution in [0.1, 0.15) is 39.7 Å². The molecule has 2 aliphatic heterocycles. The van der Waals surface area contributed by atoms with E-state index in [1.165, 1.54) is 0 Å². The van der Waals surface area contributed by atoms with Gasteiger partial charge in [-0.1, -0.05) is 0 Å². The number of piperidine rings is 1. The molecule has 0 spiro atoms. The molecule has 2 aliphatic rings. The molecule has 2 saturated heterocycles. The van der Waals surface area contributed by atoms with Crippen LogP contribution in [0.25, 0.3) is 22.4 Å². The Morgan fingerprint density at radius 3 is 2.56 bits per heavy atom. The molecule has 12 heteroatoms. The number of morpholine rings is 1. The summed E-state index contributed by atoms with van der Waals surface area (Å²) in [5.74, 6) is 1.43. The molecule has 2 aromatic heterocycles. The molecular formula is C27H36N8O4. The third-order valence-corrected chi connectivity index (χ3v) is 7.15. The number of hydrogen-bond donors (Lipinski definition) is 2. The number of nitrogens with zero attached hydrogens (tertiary/aromatic N) is 6. The van der Waals surface area contributed by atoms with Crippen molar-refractivity contribution >= 4 is 34.7 Å². The number of urea groups is 1. The van der Waals surface area contributed by atoms with Gasteiger partial charge in [0.1, 0.15) is 5.82 Å². The van der Waals surface area contributed by atoms with Crippen LogP contribution >= 0.6 is 0 Å². The maximum Gasteiger partial charge on any atom is 0.409 e. The number of rotatable bonds is 6. The number of likely N-dealkylation sites (tertiary alicyclic amines) is 1. The summed E-state index contributed by atoms with van der Waals surface area (Å²) < 4.78 is 12.8. The summed E-state index contributed by atoms with van der Waals surface area (Å²) in [4.78, 5) is 38.1. The Kier molecular flexibility index (Phi) is 8.10. The molecule has 3 amide bonds. The molecule has 5 rings (SSSR count). The van der Waals surface area contributed by atoms with Gasteiger partial charge in [-0.2, -0.15) is 5.10 Å².